The molecule has 2 aromatic carbocycles. The predicted octanol–water partition coefficient (Wildman–Crippen LogP) is 4.51. The Morgan fingerprint density at radius 3 is 2.48 bits per heavy atom. The quantitative estimate of drug-likeness (QED) is 0.750. The summed E-state index contributed by atoms with van der Waals surface area (Å²) in [7, 11) is 1.35. The van der Waals surface area contributed by atoms with E-state index in [1.807, 2.05) is 24.3 Å². The highest BCUT2D eigenvalue weighted by atomic mass is 19.3. The van der Waals surface area contributed by atoms with Crippen molar-refractivity contribution in [2.75, 3.05) is 12.4 Å². The summed E-state index contributed by atoms with van der Waals surface area (Å²) in [6.45, 7) is -0.873. The number of halogens is 2. The first kappa shape index (κ1) is 18.4. The Labute approximate surface area is 145 Å². The number of hydrogen-bond donors (Lipinski definition) is 1. The van der Waals surface area contributed by atoms with Crippen LogP contribution in [-0.4, -0.2) is 19.6 Å². The molecule has 4 nitrogen and oxygen atoms in total. The van der Waals surface area contributed by atoms with Crippen molar-refractivity contribution in [3.63, 3.8) is 0 Å². The first-order valence-corrected chi connectivity index (χ1v) is 7.72. The maximum absolute atomic E-state index is 12.3. The summed E-state index contributed by atoms with van der Waals surface area (Å²) in [4.78, 5) is 12.0. The summed E-state index contributed by atoms with van der Waals surface area (Å²) >= 11 is 0. The Morgan fingerprint density at radius 2 is 1.88 bits per heavy atom. The zero-order valence-electron chi connectivity index (χ0n) is 14.0. The maximum atomic E-state index is 12.3. The van der Waals surface area contributed by atoms with Crippen LogP contribution >= 0.6 is 0 Å². The zero-order valence-corrected chi connectivity index (χ0v) is 14.0. The highest BCUT2D eigenvalue weighted by molar-refractivity contribution is 6.01. The second-order valence-corrected chi connectivity index (χ2v) is 5.16. The lowest BCUT2D eigenvalue weighted by molar-refractivity contribution is -0.111. The first-order valence-electron chi connectivity index (χ1n) is 7.72. The van der Waals surface area contributed by atoms with Crippen molar-refractivity contribution in [1.29, 1.82) is 0 Å². The van der Waals surface area contributed by atoms with Crippen LogP contribution in [0.5, 0.6) is 11.5 Å². The molecule has 0 fully saturated rings. The zero-order chi connectivity index (χ0) is 18.2. The Balaban J connectivity index is 2.03. The van der Waals surface area contributed by atoms with Gasteiger partial charge in [0.25, 0.3) is 0 Å². The third-order valence-electron chi connectivity index (χ3n) is 3.46. The van der Waals surface area contributed by atoms with Gasteiger partial charge in [0.15, 0.2) is 11.5 Å². The van der Waals surface area contributed by atoms with E-state index in [4.69, 9.17) is 4.74 Å². The average molecular weight is 347 g/mol. The first-order chi connectivity index (χ1) is 12.0. The van der Waals surface area contributed by atoms with E-state index >= 15 is 0 Å². The molecule has 0 aliphatic carbocycles. The molecule has 0 unspecified atom stereocenters. The molecule has 6 heteroatoms. The lowest BCUT2D eigenvalue weighted by atomic mass is 10.1. The Morgan fingerprint density at radius 1 is 1.16 bits per heavy atom. The normalized spacial score (nSPS) is 10.9. The van der Waals surface area contributed by atoms with Gasteiger partial charge < -0.3 is 14.8 Å². The van der Waals surface area contributed by atoms with Crippen molar-refractivity contribution in [1.82, 2.24) is 0 Å². The smallest absolute Gasteiger partial charge is 0.387 e. The summed E-state index contributed by atoms with van der Waals surface area (Å²) in [5, 5.41) is 2.75. The van der Waals surface area contributed by atoms with Crippen molar-refractivity contribution in [3.05, 3.63) is 59.7 Å². The fourth-order valence-electron chi connectivity index (χ4n) is 2.16. The number of hydrogen-bond acceptors (Lipinski definition) is 3. The van der Waals surface area contributed by atoms with Crippen LogP contribution in [0.3, 0.4) is 0 Å². The minimum atomic E-state index is -2.93. The van der Waals surface area contributed by atoms with Crippen molar-refractivity contribution in [3.8, 4) is 11.5 Å². The average Bonchev–Trinajstić information content (AvgIpc) is 2.61. The molecule has 0 spiro atoms. The topological polar surface area (TPSA) is 47.6 Å². The van der Waals surface area contributed by atoms with Crippen molar-refractivity contribution >= 4 is 17.7 Å². The lowest BCUT2D eigenvalue weighted by Crippen LogP contribution is -2.07. The molecule has 0 bridgehead atoms. The highest BCUT2D eigenvalue weighted by Crippen LogP contribution is 2.29. The van der Waals surface area contributed by atoms with E-state index in [9.17, 15) is 13.6 Å². The molecule has 0 saturated heterocycles. The Bertz CT molecular complexity index is 743. The molecule has 132 valence electrons. The summed E-state index contributed by atoms with van der Waals surface area (Å²) < 4.78 is 34.0. The van der Waals surface area contributed by atoms with E-state index in [1.165, 1.54) is 30.9 Å². The molecule has 0 aromatic heterocycles. The molecule has 2 rings (SSSR count). The third-order valence-corrected chi connectivity index (χ3v) is 3.46. The van der Waals surface area contributed by atoms with Crippen LogP contribution in [0.15, 0.2) is 48.5 Å². The number of carbonyl (C=O) groups is 1. The van der Waals surface area contributed by atoms with E-state index in [0.717, 1.165) is 6.42 Å². The number of carbonyl (C=O) groups excluding carboxylic acids is 1. The maximum Gasteiger partial charge on any atom is 0.387 e. The molecule has 1 N–H and O–H groups in total. The second-order valence-electron chi connectivity index (χ2n) is 5.16. The molecular weight excluding hydrogens is 328 g/mol. The van der Waals surface area contributed by atoms with E-state index in [0.29, 0.717) is 11.3 Å². The predicted molar refractivity (Wildman–Crippen MR) is 93.1 cm³/mol. The molecule has 25 heavy (non-hydrogen) atoms. The molecule has 1 amide bonds. The molecule has 2 aromatic rings. The van der Waals surface area contributed by atoms with E-state index in [1.54, 1.807) is 12.1 Å². The molecule has 0 saturated carbocycles. The van der Waals surface area contributed by atoms with Crippen LogP contribution in [0, 0.1) is 0 Å². The van der Waals surface area contributed by atoms with Gasteiger partial charge in [0.05, 0.1) is 7.11 Å². The van der Waals surface area contributed by atoms with Crippen LogP contribution < -0.4 is 14.8 Å². The fraction of sp³-hybridized carbons (Fsp3) is 0.211. The highest BCUT2D eigenvalue weighted by Gasteiger charge is 2.10. The monoisotopic (exact) mass is 347 g/mol. The van der Waals surface area contributed by atoms with E-state index < -0.39 is 6.61 Å². The third kappa shape index (κ3) is 5.60. The summed E-state index contributed by atoms with van der Waals surface area (Å²) in [6, 6.07) is 12.0. The number of amides is 1. The summed E-state index contributed by atoms with van der Waals surface area (Å²) in [5.74, 6) is -0.191. The summed E-state index contributed by atoms with van der Waals surface area (Å²) in [6.07, 6.45) is 3.85. The van der Waals surface area contributed by atoms with E-state index in [2.05, 4.69) is 17.0 Å². The molecule has 0 heterocycles. The van der Waals surface area contributed by atoms with Crippen LogP contribution in [0.2, 0.25) is 0 Å². The molecular formula is C19H19F2NO3. The summed E-state index contributed by atoms with van der Waals surface area (Å²) in [5.41, 5.74) is 2.51. The van der Waals surface area contributed by atoms with Gasteiger partial charge in [-0.05, 0) is 47.9 Å². The second kappa shape index (κ2) is 8.82. The number of anilines is 1. The SMILES string of the molecule is CCc1ccc(NC(=O)/C=C/c2ccc(OC(F)F)c(OC)c2)cc1. The lowest BCUT2D eigenvalue weighted by Gasteiger charge is -2.10. The fourth-order valence-corrected chi connectivity index (χ4v) is 2.16. The Hall–Kier alpha value is -2.89. The van der Waals surface area contributed by atoms with Gasteiger partial charge >= 0.3 is 6.61 Å². The van der Waals surface area contributed by atoms with Crippen LogP contribution in [-0.2, 0) is 11.2 Å². The van der Waals surface area contributed by atoms with Crippen molar-refractivity contribution < 1.29 is 23.0 Å². The number of methoxy groups -OCH3 is 1. The number of rotatable bonds is 7. The van der Waals surface area contributed by atoms with Gasteiger partial charge in [-0.2, -0.15) is 8.78 Å². The minimum absolute atomic E-state index is 0.0601. The number of ether oxygens (including phenoxy) is 2. The van der Waals surface area contributed by atoms with Gasteiger partial charge in [0.1, 0.15) is 0 Å². The van der Waals surface area contributed by atoms with Gasteiger partial charge in [0.2, 0.25) is 5.91 Å². The van der Waals surface area contributed by atoms with Gasteiger partial charge in [-0.3, -0.25) is 4.79 Å². The standard InChI is InChI=1S/C19H19F2NO3/c1-3-13-4-8-15(9-5-13)22-18(23)11-7-14-6-10-16(25-19(20)21)17(12-14)24-2/h4-12,19H,3H2,1-2H3,(H,22,23)/b11-7+. The number of benzene rings is 2. The molecule has 0 radical (unpaired) electrons. The molecule has 0 atom stereocenters. The number of nitrogens with one attached hydrogen (secondary N) is 1. The van der Waals surface area contributed by atoms with Gasteiger partial charge in [-0.25, -0.2) is 0 Å². The molecule has 0 aliphatic heterocycles. The molecule has 0 aliphatic rings. The van der Waals surface area contributed by atoms with Crippen molar-refractivity contribution in [2.45, 2.75) is 20.0 Å². The number of alkyl halides is 2. The largest absolute Gasteiger partial charge is 0.493 e. The van der Waals surface area contributed by atoms with Crippen molar-refractivity contribution in [2.24, 2.45) is 0 Å². The van der Waals surface area contributed by atoms with Gasteiger partial charge in [-0.1, -0.05) is 25.1 Å². The van der Waals surface area contributed by atoms with Crippen LogP contribution in [0.25, 0.3) is 6.08 Å². The van der Waals surface area contributed by atoms with Crippen LogP contribution in [0.1, 0.15) is 18.1 Å². The van der Waals surface area contributed by atoms with Gasteiger partial charge in [-0.15, -0.1) is 0 Å². The van der Waals surface area contributed by atoms with Crippen LogP contribution in [0.4, 0.5) is 14.5 Å². The van der Waals surface area contributed by atoms with E-state index in [-0.39, 0.29) is 17.4 Å². The van der Waals surface area contributed by atoms with Gasteiger partial charge in [0, 0.05) is 11.8 Å². The number of aryl methyl sites for hydroxylation is 1. The minimum Gasteiger partial charge on any atom is -0.493 e. The Kier molecular flexibility index (Phi) is 6.51.